The van der Waals surface area contributed by atoms with E-state index in [1.807, 2.05) is 30.3 Å². The van der Waals surface area contributed by atoms with Crippen LogP contribution in [0.4, 0.5) is 13.2 Å². The molecule has 33 heavy (non-hydrogen) atoms. The van der Waals surface area contributed by atoms with Gasteiger partial charge in [-0.15, -0.1) is 13.2 Å². The number of allylic oxidation sites excluding steroid dienone is 2. The van der Waals surface area contributed by atoms with E-state index in [2.05, 4.69) is 13.2 Å². The number of hydrogen-bond donors (Lipinski definition) is 0. The molecule has 0 heterocycles. The summed E-state index contributed by atoms with van der Waals surface area (Å²) in [7, 11) is 0. The summed E-state index contributed by atoms with van der Waals surface area (Å²) in [6, 6.07) is 12.6. The topological polar surface area (TPSA) is 0 Å². The zero-order valence-corrected chi connectivity index (χ0v) is 19.1. The lowest BCUT2D eigenvalue weighted by atomic mass is 9.77. The Labute approximate surface area is 194 Å². The van der Waals surface area contributed by atoms with Crippen LogP contribution in [0.3, 0.4) is 0 Å². The second-order valence-electron chi connectivity index (χ2n) is 9.22. The summed E-state index contributed by atoms with van der Waals surface area (Å²) in [5.74, 6) is -1.51. The number of halogens is 3. The second kappa shape index (κ2) is 10.4. The van der Waals surface area contributed by atoms with Crippen molar-refractivity contribution in [3.05, 3.63) is 96.4 Å². The van der Waals surface area contributed by atoms with Crippen molar-refractivity contribution in [2.24, 2.45) is 5.92 Å². The van der Waals surface area contributed by atoms with Gasteiger partial charge < -0.3 is 0 Å². The molecule has 0 atom stereocenters. The van der Waals surface area contributed by atoms with Gasteiger partial charge in [-0.25, -0.2) is 13.2 Å². The molecule has 1 aliphatic rings. The highest BCUT2D eigenvalue weighted by Crippen LogP contribution is 2.39. The number of fused-ring (bicyclic) bond motifs is 1. The van der Waals surface area contributed by atoms with Crippen LogP contribution in [0.2, 0.25) is 0 Å². The molecule has 4 rings (SSSR count). The van der Waals surface area contributed by atoms with Gasteiger partial charge >= 0.3 is 0 Å². The van der Waals surface area contributed by atoms with Crippen LogP contribution in [-0.2, 0) is 6.42 Å². The van der Waals surface area contributed by atoms with Crippen LogP contribution < -0.4 is 0 Å². The molecule has 3 heteroatoms. The number of benzene rings is 3. The van der Waals surface area contributed by atoms with E-state index in [1.165, 1.54) is 24.8 Å². The van der Waals surface area contributed by atoms with Crippen molar-refractivity contribution in [1.82, 2.24) is 0 Å². The van der Waals surface area contributed by atoms with E-state index in [0.717, 1.165) is 25.2 Å². The Kier molecular flexibility index (Phi) is 7.37. The fourth-order valence-electron chi connectivity index (χ4n) is 5.16. The average molecular weight is 449 g/mol. The summed E-state index contributed by atoms with van der Waals surface area (Å²) in [5.41, 5.74) is 2.39. The van der Waals surface area contributed by atoms with E-state index in [9.17, 15) is 8.78 Å². The Morgan fingerprint density at radius 2 is 1.48 bits per heavy atom. The van der Waals surface area contributed by atoms with Crippen LogP contribution in [0.25, 0.3) is 21.9 Å². The first kappa shape index (κ1) is 23.4. The van der Waals surface area contributed by atoms with Gasteiger partial charge in [-0.3, -0.25) is 0 Å². The maximum absolute atomic E-state index is 15.0. The van der Waals surface area contributed by atoms with Crippen molar-refractivity contribution >= 4 is 10.8 Å². The Bertz CT molecular complexity index is 1140. The minimum atomic E-state index is -1.12. The SMILES string of the molecule is C=CCCc1ccc2cc(-c3ccc(C4CCC(CCC=C)CC4)cc3)c(F)c(F)c2c1F. The van der Waals surface area contributed by atoms with E-state index in [0.29, 0.717) is 35.3 Å². The standard InChI is InChI=1S/C30H31F3/c1-3-5-7-20-9-11-21(12-10-20)22-13-15-23(16-14-22)26-19-25-18-17-24(8-6-4-2)28(31)27(25)30(33)29(26)32/h3-4,13-21H,1-2,5-12H2. The van der Waals surface area contributed by atoms with Gasteiger partial charge in [0.25, 0.3) is 0 Å². The molecular weight excluding hydrogens is 417 g/mol. The smallest absolute Gasteiger partial charge is 0.170 e. The minimum absolute atomic E-state index is 0.165. The summed E-state index contributed by atoms with van der Waals surface area (Å²) >= 11 is 0. The van der Waals surface area contributed by atoms with E-state index in [-0.39, 0.29) is 10.9 Å². The monoisotopic (exact) mass is 448 g/mol. The lowest BCUT2D eigenvalue weighted by Crippen LogP contribution is -2.13. The highest BCUT2D eigenvalue weighted by Gasteiger charge is 2.23. The van der Waals surface area contributed by atoms with Crippen molar-refractivity contribution in [3.8, 4) is 11.1 Å². The third kappa shape index (κ3) is 4.93. The van der Waals surface area contributed by atoms with Crippen LogP contribution in [-0.4, -0.2) is 0 Å². The van der Waals surface area contributed by atoms with Crippen molar-refractivity contribution in [2.75, 3.05) is 0 Å². The molecule has 0 bridgehead atoms. The zero-order chi connectivity index (χ0) is 23.4. The predicted molar refractivity (Wildman–Crippen MR) is 132 cm³/mol. The van der Waals surface area contributed by atoms with Gasteiger partial charge in [0.2, 0.25) is 0 Å². The average Bonchev–Trinajstić information content (AvgIpc) is 2.85. The molecule has 0 amide bonds. The molecule has 0 aromatic heterocycles. The van der Waals surface area contributed by atoms with E-state index in [4.69, 9.17) is 0 Å². The van der Waals surface area contributed by atoms with Crippen molar-refractivity contribution in [1.29, 1.82) is 0 Å². The molecule has 1 fully saturated rings. The lowest BCUT2D eigenvalue weighted by molar-refractivity contribution is 0.312. The Hall–Kier alpha value is -2.81. The molecule has 172 valence electrons. The van der Waals surface area contributed by atoms with Crippen molar-refractivity contribution < 1.29 is 13.2 Å². The highest BCUT2D eigenvalue weighted by atomic mass is 19.2. The number of aryl methyl sites for hydroxylation is 1. The van der Waals surface area contributed by atoms with Crippen molar-refractivity contribution in [2.45, 2.75) is 57.3 Å². The first-order valence-electron chi connectivity index (χ1n) is 11.9. The van der Waals surface area contributed by atoms with Crippen LogP contribution in [0.15, 0.2) is 67.8 Å². The molecule has 0 saturated heterocycles. The molecule has 0 nitrogen and oxygen atoms in total. The lowest BCUT2D eigenvalue weighted by Gasteiger charge is -2.28. The maximum Gasteiger partial charge on any atom is 0.170 e. The molecule has 3 aromatic rings. The summed E-state index contributed by atoms with van der Waals surface area (Å²) in [4.78, 5) is 0. The molecular formula is C30H31F3. The van der Waals surface area contributed by atoms with Crippen LogP contribution >= 0.6 is 0 Å². The molecule has 0 unspecified atom stereocenters. The Morgan fingerprint density at radius 1 is 0.788 bits per heavy atom. The molecule has 0 radical (unpaired) electrons. The number of rotatable bonds is 8. The van der Waals surface area contributed by atoms with Crippen LogP contribution in [0.5, 0.6) is 0 Å². The third-order valence-electron chi connectivity index (χ3n) is 7.14. The molecule has 3 aromatic carbocycles. The van der Waals surface area contributed by atoms with Gasteiger partial charge in [0.1, 0.15) is 5.82 Å². The fraction of sp³-hybridized carbons (Fsp3) is 0.333. The fourth-order valence-corrected chi connectivity index (χ4v) is 5.16. The molecule has 0 spiro atoms. The first-order chi connectivity index (χ1) is 16.0. The largest absolute Gasteiger partial charge is 0.206 e. The summed E-state index contributed by atoms with van der Waals surface area (Å²) in [6.45, 7) is 7.45. The van der Waals surface area contributed by atoms with Gasteiger partial charge in [-0.1, -0.05) is 48.6 Å². The summed E-state index contributed by atoms with van der Waals surface area (Å²) in [6.07, 6.45) is 11.7. The maximum atomic E-state index is 15.0. The van der Waals surface area contributed by atoms with Gasteiger partial charge in [-0.2, -0.15) is 0 Å². The van der Waals surface area contributed by atoms with Gasteiger partial charge in [-0.05, 0) is 91.3 Å². The number of hydrogen-bond acceptors (Lipinski definition) is 0. The summed E-state index contributed by atoms with van der Waals surface area (Å²) in [5, 5.41) is 0.0910. The second-order valence-corrected chi connectivity index (χ2v) is 9.22. The first-order valence-corrected chi connectivity index (χ1v) is 11.9. The molecule has 1 aliphatic carbocycles. The Morgan fingerprint density at radius 3 is 2.15 bits per heavy atom. The van der Waals surface area contributed by atoms with Crippen LogP contribution in [0, 0.1) is 23.4 Å². The van der Waals surface area contributed by atoms with Crippen LogP contribution in [0.1, 0.15) is 62.0 Å². The van der Waals surface area contributed by atoms with Crippen molar-refractivity contribution in [3.63, 3.8) is 0 Å². The quantitative estimate of drug-likeness (QED) is 0.301. The molecule has 0 aliphatic heterocycles. The molecule has 1 saturated carbocycles. The van der Waals surface area contributed by atoms with Gasteiger partial charge in [0.05, 0.1) is 5.39 Å². The third-order valence-corrected chi connectivity index (χ3v) is 7.14. The predicted octanol–water partition coefficient (Wildman–Crippen LogP) is 9.28. The van der Waals surface area contributed by atoms with Gasteiger partial charge in [0.15, 0.2) is 11.6 Å². The molecule has 0 N–H and O–H groups in total. The minimum Gasteiger partial charge on any atom is -0.206 e. The van der Waals surface area contributed by atoms with E-state index < -0.39 is 17.5 Å². The highest BCUT2D eigenvalue weighted by molar-refractivity contribution is 5.89. The van der Waals surface area contributed by atoms with E-state index in [1.54, 1.807) is 24.3 Å². The Balaban J connectivity index is 1.57. The zero-order valence-electron chi connectivity index (χ0n) is 19.1. The normalized spacial score (nSPS) is 18.4. The summed E-state index contributed by atoms with van der Waals surface area (Å²) < 4.78 is 44.9. The van der Waals surface area contributed by atoms with E-state index >= 15 is 4.39 Å². The van der Waals surface area contributed by atoms with Gasteiger partial charge in [0, 0.05) is 5.56 Å².